The lowest BCUT2D eigenvalue weighted by Crippen LogP contribution is -2.63. The van der Waals surface area contributed by atoms with Crippen LogP contribution in [0.1, 0.15) is 109 Å². The summed E-state index contributed by atoms with van der Waals surface area (Å²) in [4.78, 5) is 64.2. The van der Waals surface area contributed by atoms with Crippen molar-refractivity contribution in [2.45, 2.75) is 65.9 Å². The number of fused-ring (bicyclic) bond motifs is 5. The molecule has 1 unspecified atom stereocenters. The summed E-state index contributed by atoms with van der Waals surface area (Å²) in [6.07, 6.45) is -13.9. The van der Waals surface area contributed by atoms with Crippen molar-refractivity contribution >= 4 is 23.9 Å². The number of phenols is 5. The second-order valence-corrected chi connectivity index (χ2v) is 31.7. The molecule has 0 aliphatic carbocycles. The van der Waals surface area contributed by atoms with Crippen molar-refractivity contribution in [3.8, 4) is 86.2 Å². The zero-order valence-electron chi connectivity index (χ0n) is 69.2. The van der Waals surface area contributed by atoms with E-state index >= 15 is 19.2 Å². The van der Waals surface area contributed by atoms with Crippen LogP contribution in [0.15, 0.2) is 364 Å². The fourth-order valence-electron chi connectivity index (χ4n) is 17.2. The number of benzene rings is 15. The third-order valence-corrected chi connectivity index (χ3v) is 23.4. The van der Waals surface area contributed by atoms with E-state index in [9.17, 15) is 30.6 Å². The van der Waals surface area contributed by atoms with Gasteiger partial charge in [0, 0.05) is 61.2 Å². The van der Waals surface area contributed by atoms with Gasteiger partial charge in [-0.05, 0) is 60.7 Å². The number of phenolic OH excluding ortho intramolecular Hbond substituents is 5. The first-order valence-electron chi connectivity index (χ1n) is 41.9. The molecule has 1 fully saturated rings. The molecule has 26 heteroatoms. The van der Waals surface area contributed by atoms with E-state index in [1.54, 1.807) is 303 Å². The number of hydrogen-bond acceptors (Lipinski definition) is 26. The Morgan fingerprint density at radius 2 is 0.470 bits per heavy atom. The van der Waals surface area contributed by atoms with Crippen molar-refractivity contribution in [1.82, 2.24) is 0 Å². The smallest absolute Gasteiger partial charge is 0.340 e. The first-order valence-corrected chi connectivity index (χ1v) is 41.9. The Morgan fingerprint density at radius 1 is 0.258 bits per heavy atom. The van der Waals surface area contributed by atoms with Gasteiger partial charge in [0.1, 0.15) is 6.10 Å². The molecule has 0 radical (unpaired) electrons. The highest BCUT2D eigenvalue weighted by Crippen LogP contribution is 2.59. The van der Waals surface area contributed by atoms with Crippen LogP contribution in [-0.4, -0.2) is 91.8 Å². The van der Waals surface area contributed by atoms with E-state index < -0.39 is 147 Å². The van der Waals surface area contributed by atoms with E-state index in [1.165, 1.54) is 30.3 Å². The maximum atomic E-state index is 16.2. The van der Waals surface area contributed by atoms with Gasteiger partial charge in [0.2, 0.25) is 41.1 Å². The third kappa shape index (κ3) is 14.4. The van der Waals surface area contributed by atoms with Crippen molar-refractivity contribution in [2.24, 2.45) is 0 Å². The van der Waals surface area contributed by atoms with Gasteiger partial charge in [-0.3, -0.25) is 0 Å². The summed E-state index contributed by atoms with van der Waals surface area (Å²) < 4.78 is 107. The molecule has 1 saturated heterocycles. The average molecular weight is 1760 g/mol. The molecule has 6 atom stereocenters. The molecule has 654 valence electrons. The first-order chi connectivity index (χ1) is 64.3. The molecule has 15 aromatic carbocycles. The second kappa shape index (κ2) is 33.0. The number of esters is 4. The molecule has 0 spiro atoms. The van der Waals surface area contributed by atoms with E-state index in [1.807, 2.05) is 0 Å². The minimum atomic E-state index is -2.47. The van der Waals surface area contributed by atoms with E-state index in [4.69, 9.17) is 75.8 Å². The highest BCUT2D eigenvalue weighted by Gasteiger charge is 2.58. The first kappa shape index (κ1) is 82.1. The van der Waals surface area contributed by atoms with Gasteiger partial charge in [-0.15, -0.1) is 0 Å². The van der Waals surface area contributed by atoms with E-state index in [0.29, 0.717) is 55.6 Å². The molecule has 0 amide bonds. The summed E-state index contributed by atoms with van der Waals surface area (Å²) in [6.45, 7) is -1.03. The SMILES string of the molecule is O=C(O[C@@H]1O[C@H](COC(O)c2cc(O)c3c(c2)OC(c2ccccc2)(c2ccccc2)O3)[C@@H](OC(=O)c2cc(O)c3c(c2)OC(c2ccccc2)(c2ccccc2)O3)[C@H](OC(=O)c2cc(O)c3c(c2)OC(c2ccccc2)(c2ccccc2)O3)[C@H]1OC(=O)c1cc(O)c2c(c1)OC(c1ccccc1)(c1ccccc1)O2)c1cc(O)c2c(c1)OC(c1ccccc1)(c1ccccc1)O2. The number of carbonyl (C=O) groups is 4. The number of rotatable bonds is 22. The summed E-state index contributed by atoms with van der Waals surface area (Å²) in [5.41, 5.74) is 2.66. The largest absolute Gasteiger partial charge is 0.504 e. The molecule has 132 heavy (non-hydrogen) atoms. The van der Waals surface area contributed by atoms with Crippen molar-refractivity contribution in [1.29, 1.82) is 0 Å². The zero-order chi connectivity index (χ0) is 90.0. The van der Waals surface area contributed by atoms with Crippen LogP contribution in [0.3, 0.4) is 0 Å². The standard InChI is InChI=1S/C106H74O26/c107-77-51-62(56-82-88(77)128-102(123-82,67-31-11-1-12-32-67)68-33-13-2-14-34-68)96(112)117-61-87-93(119-97(113)63-52-78(108)89-83(57-63)124-103(129-89,69-35-15-3-16-36-69)70-37-17-4-18-38-70)94(120-98(114)64-53-79(109)90-84(58-64)125-104(130-90,71-39-19-5-20-40-71)72-41-21-6-22-42-72)95(121-99(115)65-54-80(110)91-85(59-65)126-105(131-91,73-43-23-7-24-44-73)74-45-25-8-26-46-74)101(118-87)122-100(116)66-55-81(111)92-86(60-66)127-106(132-92,75-47-27-9-28-48-75)76-49-29-10-30-50-76/h1-60,87,93-96,101,107-112H,61H2/t87-,93-,94+,95-,96?,101+/m1/s1. The minimum absolute atomic E-state index is 0.0651. The summed E-state index contributed by atoms with van der Waals surface area (Å²) in [5.74, 6) is -19.3. The molecule has 6 N–H and O–H groups in total. The molecule has 0 bridgehead atoms. The number of aliphatic hydroxyl groups excluding tert-OH is 1. The summed E-state index contributed by atoms with van der Waals surface area (Å²) in [7, 11) is 0. The summed E-state index contributed by atoms with van der Waals surface area (Å²) in [6, 6.07) is 99.3. The van der Waals surface area contributed by atoms with Gasteiger partial charge < -0.3 is 106 Å². The predicted molar refractivity (Wildman–Crippen MR) is 468 cm³/mol. The minimum Gasteiger partial charge on any atom is -0.504 e. The maximum absolute atomic E-state index is 16.2. The molecule has 6 heterocycles. The average Bonchev–Trinajstić information content (AvgIpc) is 1.53. The lowest BCUT2D eigenvalue weighted by molar-refractivity contribution is -0.291. The lowest BCUT2D eigenvalue weighted by Gasteiger charge is -2.44. The van der Waals surface area contributed by atoms with E-state index in [0.717, 1.165) is 30.3 Å². The van der Waals surface area contributed by atoms with Gasteiger partial charge in [-0.1, -0.05) is 303 Å². The molecule has 6 aliphatic rings. The van der Waals surface area contributed by atoms with Crippen LogP contribution < -0.4 is 47.4 Å². The topological polar surface area (TPSA) is 337 Å². The molecule has 26 nitrogen and oxygen atoms in total. The third-order valence-electron chi connectivity index (χ3n) is 23.4. The van der Waals surface area contributed by atoms with Crippen molar-refractivity contribution in [3.05, 3.63) is 447 Å². The lowest BCUT2D eigenvalue weighted by atomic mass is 9.97. The summed E-state index contributed by atoms with van der Waals surface area (Å²) >= 11 is 0. The Labute approximate surface area is 751 Å². The number of aromatic hydroxyl groups is 5. The van der Waals surface area contributed by atoms with Crippen LogP contribution in [0.25, 0.3) is 0 Å². The van der Waals surface area contributed by atoms with Crippen LogP contribution in [0, 0.1) is 0 Å². The maximum Gasteiger partial charge on any atom is 0.340 e. The Kier molecular flexibility index (Phi) is 20.5. The Hall–Kier alpha value is -16.9. The van der Waals surface area contributed by atoms with E-state index in [2.05, 4.69) is 0 Å². The predicted octanol–water partition coefficient (Wildman–Crippen LogP) is 17.8. The van der Waals surface area contributed by atoms with Crippen LogP contribution in [0.2, 0.25) is 0 Å². The van der Waals surface area contributed by atoms with Gasteiger partial charge in [0.15, 0.2) is 76.0 Å². The van der Waals surface area contributed by atoms with Crippen molar-refractivity contribution in [3.63, 3.8) is 0 Å². The Bertz CT molecular complexity index is 6710. The Balaban J connectivity index is 0.710. The molecule has 15 aromatic rings. The van der Waals surface area contributed by atoms with Crippen molar-refractivity contribution in [2.75, 3.05) is 6.61 Å². The summed E-state index contributed by atoms with van der Waals surface area (Å²) in [5, 5.41) is 73.7. The fraction of sp³-hybridized carbons (Fsp3) is 0.113. The van der Waals surface area contributed by atoms with Crippen LogP contribution in [-0.2, 0) is 57.4 Å². The molecular weight excluding hydrogens is 1690 g/mol. The van der Waals surface area contributed by atoms with Gasteiger partial charge in [-0.25, -0.2) is 19.2 Å². The zero-order valence-corrected chi connectivity index (χ0v) is 69.2. The van der Waals surface area contributed by atoms with Gasteiger partial charge >= 0.3 is 52.8 Å². The molecule has 21 rings (SSSR count). The van der Waals surface area contributed by atoms with Gasteiger partial charge in [0.25, 0.3) is 0 Å². The molecule has 6 aliphatic heterocycles. The number of aliphatic hydroxyl groups is 1. The number of carbonyl (C=O) groups excluding carboxylic acids is 4. The highest BCUT2D eigenvalue weighted by molar-refractivity contribution is 5.95. The monoisotopic (exact) mass is 1760 g/mol. The van der Waals surface area contributed by atoms with Crippen LogP contribution >= 0.6 is 0 Å². The van der Waals surface area contributed by atoms with Crippen LogP contribution in [0.5, 0.6) is 86.2 Å². The van der Waals surface area contributed by atoms with E-state index in [-0.39, 0.29) is 63.1 Å². The highest BCUT2D eigenvalue weighted by atomic mass is 16.8. The Morgan fingerprint density at radius 3 is 0.720 bits per heavy atom. The van der Waals surface area contributed by atoms with Crippen molar-refractivity contribution < 1.29 is 126 Å². The number of ether oxygens (including phenoxy) is 16. The van der Waals surface area contributed by atoms with Gasteiger partial charge in [-0.2, -0.15) is 0 Å². The molecule has 0 aromatic heterocycles. The fourth-order valence-corrected chi connectivity index (χ4v) is 17.2. The van der Waals surface area contributed by atoms with Crippen LogP contribution in [0.4, 0.5) is 0 Å². The molecular formula is C106H74O26. The normalized spacial score (nSPS) is 18.4. The molecule has 0 saturated carbocycles. The van der Waals surface area contributed by atoms with Gasteiger partial charge in [0.05, 0.1) is 28.9 Å². The number of hydrogen-bond donors (Lipinski definition) is 6. The quantitative estimate of drug-likeness (QED) is 0.0208. The second-order valence-electron chi connectivity index (χ2n) is 31.7.